The van der Waals surface area contributed by atoms with E-state index in [0.29, 0.717) is 51.0 Å². The largest absolute Gasteiger partial charge is 0.446 e. The molecule has 3 heterocycles. The number of carbonyl (C=O) groups is 1. The molecule has 35 heavy (non-hydrogen) atoms. The molecule has 3 aliphatic rings. The second-order valence-electron chi connectivity index (χ2n) is 9.79. The molecule has 2 atom stereocenters. The molecule has 2 aliphatic heterocycles. The van der Waals surface area contributed by atoms with Crippen molar-refractivity contribution in [1.29, 1.82) is 0 Å². The van der Waals surface area contributed by atoms with Gasteiger partial charge in [0.2, 0.25) is 0 Å². The molecule has 188 valence electrons. The van der Waals surface area contributed by atoms with E-state index in [1.807, 2.05) is 13.8 Å². The summed E-state index contributed by atoms with van der Waals surface area (Å²) in [5, 5.41) is 0. The van der Waals surface area contributed by atoms with Gasteiger partial charge in [-0.3, -0.25) is 9.80 Å². The number of amides is 1. The van der Waals surface area contributed by atoms with Gasteiger partial charge in [0.25, 0.3) is 0 Å². The molecule has 1 amide bonds. The van der Waals surface area contributed by atoms with Gasteiger partial charge >= 0.3 is 12.3 Å². The van der Waals surface area contributed by atoms with E-state index in [9.17, 15) is 18.0 Å². The maximum atomic E-state index is 13.1. The number of halogens is 3. The molecule has 2 saturated heterocycles. The van der Waals surface area contributed by atoms with E-state index < -0.39 is 24.5 Å². The highest BCUT2D eigenvalue weighted by Gasteiger charge is 2.54. The third-order valence-corrected chi connectivity index (χ3v) is 6.91. The Labute approximate surface area is 209 Å². The van der Waals surface area contributed by atoms with E-state index in [1.54, 1.807) is 14.7 Å². The number of benzene rings is 1. The standard InChI is InChI=1S/C25H30F3N5O2/c1-17-12-32(22-11-29-21(10-30-22)25(26,27)28)13-18(2)33(17)23(34)35-20-8-24(9-20)15-31(16-24)14-19-6-4-3-5-7-19/h3-7,10-11,17-18,20H,8-9,12-16H2,1-2H3/t17-,18+/i3D,4D,6D,14D2. The van der Waals surface area contributed by atoms with Gasteiger partial charge in [0.1, 0.15) is 11.9 Å². The van der Waals surface area contributed by atoms with Crippen molar-refractivity contribution in [1.82, 2.24) is 19.8 Å². The fourth-order valence-corrected chi connectivity index (χ4v) is 5.34. The Balaban J connectivity index is 1.13. The molecule has 7 nitrogen and oxygen atoms in total. The third-order valence-electron chi connectivity index (χ3n) is 6.91. The van der Waals surface area contributed by atoms with E-state index >= 15 is 0 Å². The van der Waals surface area contributed by atoms with Gasteiger partial charge in [0.15, 0.2) is 5.69 Å². The highest BCUT2D eigenvalue weighted by Crippen LogP contribution is 2.50. The summed E-state index contributed by atoms with van der Waals surface area (Å²) in [5.41, 5.74) is -1.17. The summed E-state index contributed by atoms with van der Waals surface area (Å²) in [7, 11) is 0. The third kappa shape index (κ3) is 4.94. The Hall–Kier alpha value is -2.88. The minimum Gasteiger partial charge on any atom is -0.446 e. The molecular weight excluding hydrogens is 459 g/mol. The van der Waals surface area contributed by atoms with E-state index in [4.69, 9.17) is 11.6 Å². The van der Waals surface area contributed by atoms with Crippen molar-refractivity contribution < 1.29 is 29.6 Å². The highest BCUT2D eigenvalue weighted by molar-refractivity contribution is 5.69. The lowest BCUT2D eigenvalue weighted by Gasteiger charge is -2.58. The van der Waals surface area contributed by atoms with E-state index in [-0.39, 0.29) is 47.3 Å². The van der Waals surface area contributed by atoms with Crippen molar-refractivity contribution in [3.63, 3.8) is 0 Å². The molecule has 0 radical (unpaired) electrons. The molecule has 2 aromatic rings. The lowest BCUT2D eigenvalue weighted by atomic mass is 9.61. The van der Waals surface area contributed by atoms with E-state index in [1.165, 1.54) is 12.1 Å². The number of anilines is 1. The molecule has 1 spiro atoms. The number of carbonyl (C=O) groups excluding carboxylic acids is 1. The van der Waals surface area contributed by atoms with Gasteiger partial charge in [-0.1, -0.05) is 30.3 Å². The number of nitrogens with zero attached hydrogens (tertiary/aromatic N) is 5. The fourth-order valence-electron chi connectivity index (χ4n) is 5.34. The molecular formula is C25H30F3N5O2. The van der Waals surface area contributed by atoms with Crippen LogP contribution in [0.2, 0.25) is 0 Å². The zero-order valence-electron chi connectivity index (χ0n) is 24.5. The van der Waals surface area contributed by atoms with Gasteiger partial charge in [-0.05, 0) is 32.3 Å². The molecule has 1 aromatic carbocycles. The number of alkyl halides is 3. The van der Waals surface area contributed by atoms with E-state index in [0.717, 1.165) is 6.20 Å². The van der Waals surface area contributed by atoms with Crippen molar-refractivity contribution >= 4 is 11.9 Å². The SMILES string of the molecule is [2H]c1ccc(C([2H])([2H])N2CC3(CC(OC(=O)N4[C@H](C)CN(c5cnc(C(F)(F)F)cn5)C[C@@H]4C)C3)C2)c([2H])c1[2H]. The number of hydrogen-bond donors (Lipinski definition) is 0. The van der Waals surface area contributed by atoms with Crippen LogP contribution in [0.25, 0.3) is 0 Å². The Bertz CT molecular complexity index is 1270. The summed E-state index contributed by atoms with van der Waals surface area (Å²) in [6, 6.07) is 1.46. The maximum absolute atomic E-state index is 13.1. The lowest BCUT2D eigenvalue weighted by Crippen LogP contribution is -2.65. The fraction of sp³-hybridized carbons (Fsp3) is 0.560. The summed E-state index contributed by atoms with van der Waals surface area (Å²) in [4.78, 5) is 25.5. The molecule has 0 bridgehead atoms. The van der Waals surface area contributed by atoms with Gasteiger partial charge in [-0.15, -0.1) is 0 Å². The van der Waals surface area contributed by atoms with E-state index in [2.05, 4.69) is 9.97 Å². The molecule has 1 saturated carbocycles. The monoisotopic (exact) mass is 494 g/mol. The predicted molar refractivity (Wildman–Crippen MR) is 124 cm³/mol. The average molecular weight is 495 g/mol. The summed E-state index contributed by atoms with van der Waals surface area (Å²) in [5.74, 6) is 0.308. The van der Waals surface area contributed by atoms with Crippen LogP contribution in [0.5, 0.6) is 0 Å². The summed E-state index contributed by atoms with van der Waals surface area (Å²) >= 11 is 0. The van der Waals surface area contributed by atoms with Gasteiger partial charge in [-0.2, -0.15) is 13.2 Å². The van der Waals surface area contributed by atoms with Crippen LogP contribution in [0.15, 0.2) is 42.7 Å². The van der Waals surface area contributed by atoms with Gasteiger partial charge in [0, 0.05) is 40.8 Å². The quantitative estimate of drug-likeness (QED) is 0.635. The lowest BCUT2D eigenvalue weighted by molar-refractivity contribution is -0.141. The zero-order chi connectivity index (χ0) is 29.2. The summed E-state index contributed by atoms with van der Waals surface area (Å²) in [6.07, 6.45) is -2.33. The number of rotatable bonds is 4. The highest BCUT2D eigenvalue weighted by atomic mass is 19.4. The van der Waals surface area contributed by atoms with Crippen LogP contribution in [-0.2, 0) is 17.4 Å². The first-order valence-electron chi connectivity index (χ1n) is 14.1. The topological polar surface area (TPSA) is 61.8 Å². The van der Waals surface area contributed by atoms with Crippen molar-refractivity contribution in [3.8, 4) is 0 Å². The van der Waals surface area contributed by atoms with Gasteiger partial charge in [0.05, 0.1) is 28.6 Å². The first-order chi connectivity index (χ1) is 18.6. The maximum Gasteiger partial charge on any atom is 0.434 e. The van der Waals surface area contributed by atoms with Gasteiger partial charge in [-0.25, -0.2) is 14.8 Å². The Morgan fingerprint density at radius 3 is 2.54 bits per heavy atom. The number of aromatic nitrogens is 2. The summed E-state index contributed by atoms with van der Waals surface area (Å²) < 4.78 is 84.9. The first-order valence-corrected chi connectivity index (χ1v) is 11.6. The van der Waals surface area contributed by atoms with Crippen molar-refractivity contribution in [3.05, 3.63) is 53.9 Å². The molecule has 5 rings (SSSR count). The predicted octanol–water partition coefficient (Wildman–Crippen LogP) is 4.20. The summed E-state index contributed by atoms with van der Waals surface area (Å²) in [6.45, 7) is 3.31. The van der Waals surface area contributed by atoms with Crippen molar-refractivity contribution in [2.24, 2.45) is 5.41 Å². The average Bonchev–Trinajstić information content (AvgIpc) is 2.82. The Kier molecular flexibility index (Phi) is 4.71. The molecule has 0 N–H and O–H groups in total. The van der Waals surface area contributed by atoms with Crippen LogP contribution < -0.4 is 4.90 Å². The van der Waals surface area contributed by atoms with Crippen LogP contribution in [0.3, 0.4) is 0 Å². The van der Waals surface area contributed by atoms with Crippen LogP contribution in [-0.4, -0.2) is 70.2 Å². The van der Waals surface area contributed by atoms with Crippen molar-refractivity contribution in [2.45, 2.75) is 57.5 Å². The number of hydrogen-bond acceptors (Lipinski definition) is 6. The van der Waals surface area contributed by atoms with Gasteiger partial charge < -0.3 is 9.64 Å². The minimum absolute atomic E-state index is 0.0649. The molecule has 3 fully saturated rings. The van der Waals surface area contributed by atoms with Crippen LogP contribution in [0.1, 0.15) is 44.8 Å². The number of likely N-dealkylation sites (tertiary alicyclic amines) is 1. The first kappa shape index (κ1) is 18.4. The van der Waals surface area contributed by atoms with Crippen molar-refractivity contribution in [2.75, 3.05) is 31.1 Å². The second-order valence-corrected chi connectivity index (χ2v) is 9.79. The normalized spacial score (nSPS) is 27.2. The molecule has 0 unspecified atom stereocenters. The molecule has 1 aliphatic carbocycles. The van der Waals surface area contributed by atoms with Crippen LogP contribution in [0, 0.1) is 5.41 Å². The van der Waals surface area contributed by atoms with Crippen LogP contribution >= 0.6 is 0 Å². The molecule has 10 heteroatoms. The number of piperazine rings is 1. The minimum atomic E-state index is -4.56. The van der Waals surface area contributed by atoms with Crippen LogP contribution in [0.4, 0.5) is 23.8 Å². The Morgan fingerprint density at radius 2 is 1.91 bits per heavy atom. The Morgan fingerprint density at radius 1 is 1.20 bits per heavy atom. The smallest absolute Gasteiger partial charge is 0.434 e. The molecule has 1 aromatic heterocycles. The zero-order valence-corrected chi connectivity index (χ0v) is 19.5. The second kappa shape index (κ2) is 8.96. The number of ether oxygens (including phenoxy) is 1.